The van der Waals surface area contributed by atoms with Crippen molar-refractivity contribution in [2.75, 3.05) is 25.5 Å². The van der Waals surface area contributed by atoms with E-state index in [2.05, 4.69) is 22.2 Å². The Bertz CT molecular complexity index is 585. The summed E-state index contributed by atoms with van der Waals surface area (Å²) < 4.78 is 0. The number of likely N-dealkylation sites (tertiary alicyclic amines) is 1. The zero-order valence-electron chi connectivity index (χ0n) is 11.1. The number of benzene rings is 1. The minimum absolute atomic E-state index is 0.282. The molecule has 1 atom stereocenters. The molecule has 0 spiro atoms. The van der Waals surface area contributed by atoms with E-state index in [0.717, 1.165) is 23.1 Å². The van der Waals surface area contributed by atoms with Gasteiger partial charge in [-0.05, 0) is 50.0 Å². The minimum Gasteiger partial charge on any atom is -0.508 e. The summed E-state index contributed by atoms with van der Waals surface area (Å²) in [6.07, 6.45) is 4.19. The van der Waals surface area contributed by atoms with Crippen LogP contribution < -0.4 is 5.32 Å². The third-order valence-corrected chi connectivity index (χ3v) is 3.72. The second kappa shape index (κ2) is 5.05. The van der Waals surface area contributed by atoms with Crippen molar-refractivity contribution in [1.29, 1.82) is 0 Å². The van der Waals surface area contributed by atoms with Gasteiger partial charge in [0, 0.05) is 24.2 Å². The molecule has 2 heterocycles. The second-order valence-electron chi connectivity index (χ2n) is 5.31. The number of hydrogen-bond donors (Lipinski definition) is 2. The van der Waals surface area contributed by atoms with Crippen molar-refractivity contribution in [3.05, 3.63) is 30.5 Å². The van der Waals surface area contributed by atoms with Gasteiger partial charge in [0.1, 0.15) is 11.6 Å². The number of aromatic nitrogens is 1. The Morgan fingerprint density at radius 1 is 1.37 bits per heavy atom. The summed E-state index contributed by atoms with van der Waals surface area (Å²) in [7, 11) is 2.15. The highest BCUT2D eigenvalue weighted by molar-refractivity contribution is 5.92. The topological polar surface area (TPSA) is 48.4 Å². The van der Waals surface area contributed by atoms with Crippen molar-refractivity contribution < 1.29 is 5.11 Å². The summed E-state index contributed by atoms with van der Waals surface area (Å²) in [4.78, 5) is 6.76. The summed E-state index contributed by atoms with van der Waals surface area (Å²) in [5.41, 5.74) is 0. The molecule has 0 saturated carbocycles. The lowest BCUT2D eigenvalue weighted by atomic mass is 10.1. The van der Waals surface area contributed by atoms with Gasteiger partial charge in [-0.2, -0.15) is 0 Å². The van der Waals surface area contributed by atoms with Crippen molar-refractivity contribution in [2.24, 2.45) is 0 Å². The van der Waals surface area contributed by atoms with Crippen LogP contribution in [-0.4, -0.2) is 41.2 Å². The Balaban J connectivity index is 1.89. The van der Waals surface area contributed by atoms with Crippen LogP contribution in [0.5, 0.6) is 5.75 Å². The van der Waals surface area contributed by atoms with Gasteiger partial charge in [-0.3, -0.25) is 0 Å². The van der Waals surface area contributed by atoms with Crippen LogP contribution in [0.3, 0.4) is 0 Å². The quantitative estimate of drug-likeness (QED) is 0.867. The maximum atomic E-state index is 9.64. The van der Waals surface area contributed by atoms with Gasteiger partial charge < -0.3 is 15.3 Å². The molecule has 1 aliphatic rings. The van der Waals surface area contributed by atoms with Crippen molar-refractivity contribution in [2.45, 2.75) is 18.9 Å². The molecule has 1 aromatic heterocycles. The van der Waals surface area contributed by atoms with Crippen molar-refractivity contribution in [3.8, 4) is 5.75 Å². The van der Waals surface area contributed by atoms with E-state index in [9.17, 15) is 5.11 Å². The Kier molecular flexibility index (Phi) is 3.25. The number of anilines is 1. The molecule has 1 aromatic carbocycles. The zero-order chi connectivity index (χ0) is 13.2. The number of nitrogens with zero attached hydrogens (tertiary/aromatic N) is 2. The Hall–Kier alpha value is -1.81. The lowest BCUT2D eigenvalue weighted by molar-refractivity contribution is 0.261. The molecule has 4 heteroatoms. The number of pyridine rings is 1. The van der Waals surface area contributed by atoms with Gasteiger partial charge in [-0.15, -0.1) is 0 Å². The first-order chi connectivity index (χ1) is 9.22. The highest BCUT2D eigenvalue weighted by Crippen LogP contribution is 2.26. The van der Waals surface area contributed by atoms with Crippen LogP contribution in [0.15, 0.2) is 30.5 Å². The number of hydrogen-bond acceptors (Lipinski definition) is 4. The highest BCUT2D eigenvalue weighted by atomic mass is 16.3. The monoisotopic (exact) mass is 257 g/mol. The predicted molar refractivity (Wildman–Crippen MR) is 77.5 cm³/mol. The first kappa shape index (κ1) is 12.2. The van der Waals surface area contributed by atoms with Crippen LogP contribution >= 0.6 is 0 Å². The number of piperidine rings is 1. The average molecular weight is 257 g/mol. The minimum atomic E-state index is 0.282. The van der Waals surface area contributed by atoms with Gasteiger partial charge in [0.05, 0.1) is 0 Å². The smallest absolute Gasteiger partial charge is 0.134 e. The van der Waals surface area contributed by atoms with Crippen LogP contribution in [0.2, 0.25) is 0 Å². The van der Waals surface area contributed by atoms with Crippen LogP contribution in [0.4, 0.5) is 5.82 Å². The number of likely N-dealkylation sites (N-methyl/N-ethyl adjacent to an activating group) is 1. The standard InChI is InChI=1S/C15H19N3O/c1-18-8-2-3-12(10-18)17-15-14-9-13(19)5-4-11(14)6-7-16-15/h4-7,9,12,19H,2-3,8,10H2,1H3,(H,16,17). The number of fused-ring (bicyclic) bond motifs is 1. The molecule has 1 unspecified atom stereocenters. The third-order valence-electron chi connectivity index (χ3n) is 3.72. The molecule has 0 amide bonds. The molecule has 1 aliphatic heterocycles. The summed E-state index contributed by atoms with van der Waals surface area (Å²) in [5, 5.41) is 15.2. The van der Waals surface area contributed by atoms with Crippen molar-refractivity contribution in [1.82, 2.24) is 9.88 Å². The fourth-order valence-electron chi connectivity index (χ4n) is 2.75. The van der Waals surface area contributed by atoms with Gasteiger partial charge in [-0.25, -0.2) is 4.98 Å². The van der Waals surface area contributed by atoms with Crippen LogP contribution in [0.1, 0.15) is 12.8 Å². The summed E-state index contributed by atoms with van der Waals surface area (Å²) in [5.74, 6) is 1.15. The van der Waals surface area contributed by atoms with E-state index in [-0.39, 0.29) is 5.75 Å². The van der Waals surface area contributed by atoms with Crippen molar-refractivity contribution in [3.63, 3.8) is 0 Å². The molecule has 19 heavy (non-hydrogen) atoms. The number of nitrogens with one attached hydrogen (secondary N) is 1. The van der Waals surface area contributed by atoms with Crippen molar-refractivity contribution >= 4 is 16.6 Å². The highest BCUT2D eigenvalue weighted by Gasteiger charge is 2.18. The fraction of sp³-hybridized carbons (Fsp3) is 0.400. The van der Waals surface area contributed by atoms with Gasteiger partial charge >= 0.3 is 0 Å². The van der Waals surface area contributed by atoms with Gasteiger partial charge in [-0.1, -0.05) is 6.07 Å². The molecule has 0 radical (unpaired) electrons. The summed E-state index contributed by atoms with van der Waals surface area (Å²) in [6, 6.07) is 7.80. The van der Waals surface area contributed by atoms with E-state index in [1.165, 1.54) is 19.4 Å². The van der Waals surface area contributed by atoms with E-state index >= 15 is 0 Å². The van der Waals surface area contributed by atoms with Gasteiger partial charge in [0.2, 0.25) is 0 Å². The van der Waals surface area contributed by atoms with E-state index in [0.29, 0.717) is 6.04 Å². The zero-order valence-corrected chi connectivity index (χ0v) is 11.1. The first-order valence-corrected chi connectivity index (χ1v) is 6.75. The molecule has 4 nitrogen and oxygen atoms in total. The lowest BCUT2D eigenvalue weighted by Crippen LogP contribution is -2.39. The Labute approximate surface area is 113 Å². The molecule has 0 aliphatic carbocycles. The fourth-order valence-corrected chi connectivity index (χ4v) is 2.75. The number of phenols is 1. The molecule has 2 aromatic rings. The average Bonchev–Trinajstić information content (AvgIpc) is 2.39. The SMILES string of the molecule is CN1CCCC(Nc2nccc3ccc(O)cc23)C1. The lowest BCUT2D eigenvalue weighted by Gasteiger charge is -2.30. The van der Waals surface area contributed by atoms with E-state index in [4.69, 9.17) is 0 Å². The normalized spacial score (nSPS) is 20.6. The molecular weight excluding hydrogens is 238 g/mol. The van der Waals surface area contributed by atoms with Crippen LogP contribution in [0.25, 0.3) is 10.8 Å². The molecular formula is C15H19N3O. The third kappa shape index (κ3) is 2.63. The second-order valence-corrected chi connectivity index (χ2v) is 5.31. The number of aromatic hydroxyl groups is 1. The maximum absolute atomic E-state index is 9.64. The van der Waals surface area contributed by atoms with Crippen LogP contribution in [0, 0.1) is 0 Å². The van der Waals surface area contributed by atoms with Gasteiger partial charge in [0.15, 0.2) is 0 Å². The molecule has 1 saturated heterocycles. The number of rotatable bonds is 2. The van der Waals surface area contributed by atoms with Crippen LogP contribution in [-0.2, 0) is 0 Å². The molecule has 0 bridgehead atoms. The largest absolute Gasteiger partial charge is 0.508 e. The summed E-state index contributed by atoms with van der Waals surface area (Å²) >= 11 is 0. The van der Waals surface area contributed by atoms with Gasteiger partial charge in [0.25, 0.3) is 0 Å². The van der Waals surface area contributed by atoms with E-state index < -0.39 is 0 Å². The molecule has 1 fully saturated rings. The van der Waals surface area contributed by atoms with E-state index in [1.807, 2.05) is 18.3 Å². The predicted octanol–water partition coefficient (Wildman–Crippen LogP) is 2.45. The maximum Gasteiger partial charge on any atom is 0.134 e. The summed E-state index contributed by atoms with van der Waals surface area (Å²) in [6.45, 7) is 2.21. The molecule has 3 rings (SSSR count). The first-order valence-electron chi connectivity index (χ1n) is 6.75. The number of phenolic OH excluding ortho intramolecular Hbond substituents is 1. The molecule has 100 valence electrons. The van der Waals surface area contributed by atoms with E-state index in [1.54, 1.807) is 12.1 Å². The Morgan fingerprint density at radius 2 is 2.26 bits per heavy atom. The Morgan fingerprint density at radius 3 is 3.11 bits per heavy atom. The molecule has 2 N–H and O–H groups in total.